The van der Waals surface area contributed by atoms with Crippen LogP contribution in [0.1, 0.15) is 50.7 Å². The van der Waals surface area contributed by atoms with Crippen molar-refractivity contribution < 1.29 is 9.84 Å². The Kier molecular flexibility index (Phi) is 5.67. The predicted octanol–water partition coefficient (Wildman–Crippen LogP) is 4.53. The average molecular weight is 333 g/mol. The highest BCUT2D eigenvalue weighted by atomic mass is 79.9. The van der Waals surface area contributed by atoms with Crippen molar-refractivity contribution in [1.82, 2.24) is 0 Å². The fraction of sp³-hybridized carbons (Fsp3) is 0.714. The molecule has 0 spiro atoms. The molecule has 2 atom stereocenters. The van der Waals surface area contributed by atoms with Crippen LogP contribution in [0.5, 0.6) is 0 Å². The van der Waals surface area contributed by atoms with Crippen LogP contribution in [0.2, 0.25) is 0 Å². The molecule has 102 valence electrons. The molecule has 1 saturated carbocycles. The molecule has 2 unspecified atom stereocenters. The lowest BCUT2D eigenvalue weighted by molar-refractivity contribution is -0.0740. The first kappa shape index (κ1) is 14.5. The third-order valence-corrected chi connectivity index (χ3v) is 5.50. The van der Waals surface area contributed by atoms with E-state index < -0.39 is 6.10 Å². The van der Waals surface area contributed by atoms with Gasteiger partial charge in [-0.1, -0.05) is 19.3 Å². The lowest BCUT2D eigenvalue weighted by Gasteiger charge is -2.33. The third kappa shape index (κ3) is 3.35. The predicted molar refractivity (Wildman–Crippen MR) is 79.0 cm³/mol. The van der Waals surface area contributed by atoms with E-state index in [1.807, 2.05) is 17.7 Å². The zero-order valence-electron chi connectivity index (χ0n) is 10.8. The Bertz CT molecular complexity index is 360. The number of aliphatic hydroxyl groups excluding tert-OH is 1. The zero-order valence-corrected chi connectivity index (χ0v) is 13.2. The highest BCUT2D eigenvalue weighted by molar-refractivity contribution is 9.10. The smallest absolute Gasteiger partial charge is 0.107 e. The van der Waals surface area contributed by atoms with Gasteiger partial charge in [-0.3, -0.25) is 0 Å². The summed E-state index contributed by atoms with van der Waals surface area (Å²) in [5, 5.41) is 14.6. The first-order chi connectivity index (χ1) is 8.74. The minimum atomic E-state index is -0.506. The molecule has 2 rings (SSSR count). The van der Waals surface area contributed by atoms with Gasteiger partial charge in [-0.2, -0.15) is 11.3 Å². The third-order valence-electron chi connectivity index (χ3n) is 3.75. The largest absolute Gasteiger partial charge is 0.386 e. The van der Waals surface area contributed by atoms with Gasteiger partial charge in [0.2, 0.25) is 0 Å². The summed E-state index contributed by atoms with van der Waals surface area (Å²) in [6.07, 6.45) is 5.67. The van der Waals surface area contributed by atoms with Gasteiger partial charge in [0.15, 0.2) is 0 Å². The minimum absolute atomic E-state index is 0.0544. The van der Waals surface area contributed by atoms with Crippen molar-refractivity contribution in [2.75, 3.05) is 6.61 Å². The summed E-state index contributed by atoms with van der Waals surface area (Å²) in [5.41, 5.74) is 0.976. The molecule has 1 heterocycles. The van der Waals surface area contributed by atoms with E-state index in [9.17, 15) is 5.11 Å². The molecule has 0 radical (unpaired) electrons. The van der Waals surface area contributed by atoms with Gasteiger partial charge in [0, 0.05) is 22.0 Å². The van der Waals surface area contributed by atoms with E-state index in [-0.39, 0.29) is 6.10 Å². The van der Waals surface area contributed by atoms with Gasteiger partial charge in [-0.15, -0.1) is 0 Å². The van der Waals surface area contributed by atoms with Crippen molar-refractivity contribution in [3.8, 4) is 0 Å². The quantitative estimate of drug-likeness (QED) is 0.858. The van der Waals surface area contributed by atoms with Crippen LogP contribution in [0.3, 0.4) is 0 Å². The number of hydrogen-bond donors (Lipinski definition) is 1. The van der Waals surface area contributed by atoms with Gasteiger partial charge in [-0.25, -0.2) is 0 Å². The maximum absolute atomic E-state index is 10.6. The van der Waals surface area contributed by atoms with E-state index in [4.69, 9.17) is 4.74 Å². The van der Waals surface area contributed by atoms with Crippen molar-refractivity contribution in [1.29, 1.82) is 0 Å². The summed E-state index contributed by atoms with van der Waals surface area (Å²) in [4.78, 5) is 0. The summed E-state index contributed by atoms with van der Waals surface area (Å²) in [7, 11) is 0. The topological polar surface area (TPSA) is 29.5 Å². The Morgan fingerprint density at radius 3 is 2.67 bits per heavy atom. The molecule has 1 N–H and O–H groups in total. The number of aliphatic hydroxyl groups is 1. The Hall–Kier alpha value is 0.100. The summed E-state index contributed by atoms with van der Waals surface area (Å²) >= 11 is 5.12. The molecule has 0 amide bonds. The van der Waals surface area contributed by atoms with Crippen LogP contribution in [0.4, 0.5) is 0 Å². The molecule has 0 bridgehead atoms. The van der Waals surface area contributed by atoms with Gasteiger partial charge in [0.1, 0.15) is 6.10 Å². The Labute approximate surface area is 121 Å². The first-order valence-corrected chi connectivity index (χ1v) is 8.49. The fourth-order valence-electron chi connectivity index (χ4n) is 2.82. The highest BCUT2D eigenvalue weighted by Crippen LogP contribution is 2.37. The molecular weight excluding hydrogens is 312 g/mol. The van der Waals surface area contributed by atoms with E-state index in [2.05, 4.69) is 15.9 Å². The van der Waals surface area contributed by atoms with Gasteiger partial charge in [-0.05, 0) is 47.0 Å². The lowest BCUT2D eigenvalue weighted by atomic mass is 9.82. The summed E-state index contributed by atoms with van der Waals surface area (Å²) in [6, 6.07) is 0. The van der Waals surface area contributed by atoms with Crippen molar-refractivity contribution in [2.45, 2.75) is 51.2 Å². The van der Waals surface area contributed by atoms with E-state index in [1.165, 1.54) is 32.1 Å². The van der Waals surface area contributed by atoms with Gasteiger partial charge < -0.3 is 9.84 Å². The molecule has 0 aliphatic heterocycles. The van der Waals surface area contributed by atoms with Gasteiger partial charge in [0.25, 0.3) is 0 Å². The number of halogens is 1. The van der Waals surface area contributed by atoms with Crippen molar-refractivity contribution in [3.05, 3.63) is 20.8 Å². The summed E-state index contributed by atoms with van der Waals surface area (Å²) in [6.45, 7) is 2.67. The second-order valence-corrected chi connectivity index (χ2v) is 6.54. The number of thiophene rings is 1. The lowest BCUT2D eigenvalue weighted by Crippen LogP contribution is -2.32. The first-order valence-electron chi connectivity index (χ1n) is 6.75. The Morgan fingerprint density at radius 2 is 2.11 bits per heavy atom. The van der Waals surface area contributed by atoms with Crippen molar-refractivity contribution in [2.24, 2.45) is 5.92 Å². The van der Waals surface area contributed by atoms with E-state index >= 15 is 0 Å². The molecule has 1 aromatic rings. The molecule has 1 aliphatic carbocycles. The molecule has 0 saturated heterocycles. The van der Waals surface area contributed by atoms with E-state index in [1.54, 1.807) is 11.3 Å². The van der Waals surface area contributed by atoms with Crippen LogP contribution >= 0.6 is 27.3 Å². The molecular formula is C14H21BrO2S. The Morgan fingerprint density at radius 1 is 1.39 bits per heavy atom. The molecule has 4 heteroatoms. The molecule has 0 aromatic carbocycles. The standard InChI is InChI=1S/C14H21BrO2S/c1-2-17-14(10-6-4-3-5-7-10)13(16)11-8-18-9-12(11)15/h8-10,13-14,16H,2-7H2,1H3. The Balaban J connectivity index is 2.10. The second-order valence-electron chi connectivity index (χ2n) is 4.94. The van der Waals surface area contributed by atoms with Crippen molar-refractivity contribution in [3.63, 3.8) is 0 Å². The van der Waals surface area contributed by atoms with Gasteiger partial charge in [0.05, 0.1) is 6.10 Å². The van der Waals surface area contributed by atoms with Crippen LogP contribution in [0.15, 0.2) is 15.2 Å². The monoisotopic (exact) mass is 332 g/mol. The van der Waals surface area contributed by atoms with Crippen LogP contribution in [-0.4, -0.2) is 17.8 Å². The molecule has 18 heavy (non-hydrogen) atoms. The number of rotatable bonds is 5. The number of ether oxygens (including phenoxy) is 1. The van der Waals surface area contributed by atoms with E-state index in [0.717, 1.165) is 10.0 Å². The maximum atomic E-state index is 10.6. The molecule has 1 aromatic heterocycles. The van der Waals surface area contributed by atoms with Crippen LogP contribution < -0.4 is 0 Å². The zero-order chi connectivity index (χ0) is 13.0. The van der Waals surface area contributed by atoms with Crippen molar-refractivity contribution >= 4 is 27.3 Å². The van der Waals surface area contributed by atoms with Crippen LogP contribution in [0.25, 0.3) is 0 Å². The second kappa shape index (κ2) is 7.04. The van der Waals surface area contributed by atoms with Crippen LogP contribution in [0, 0.1) is 5.92 Å². The number of hydrogen-bond acceptors (Lipinski definition) is 3. The average Bonchev–Trinajstić information content (AvgIpc) is 2.82. The van der Waals surface area contributed by atoms with Gasteiger partial charge >= 0.3 is 0 Å². The minimum Gasteiger partial charge on any atom is -0.386 e. The maximum Gasteiger partial charge on any atom is 0.107 e. The molecule has 2 nitrogen and oxygen atoms in total. The summed E-state index contributed by atoms with van der Waals surface area (Å²) in [5.74, 6) is 0.500. The normalized spacial score (nSPS) is 20.8. The van der Waals surface area contributed by atoms with Crippen LogP contribution in [-0.2, 0) is 4.74 Å². The molecule has 1 aliphatic rings. The molecule has 1 fully saturated rings. The van der Waals surface area contributed by atoms with E-state index in [0.29, 0.717) is 12.5 Å². The SMILES string of the molecule is CCOC(C1CCCCC1)C(O)c1cscc1Br. The highest BCUT2D eigenvalue weighted by Gasteiger charge is 2.32. The summed E-state index contributed by atoms with van der Waals surface area (Å²) < 4.78 is 6.86. The fourth-order valence-corrected chi connectivity index (χ4v) is 4.38.